The Hall–Kier alpha value is -1.85. The number of para-hydroxylation sites is 1. The molecule has 2 saturated heterocycles. The van der Waals surface area contributed by atoms with Gasteiger partial charge in [-0.15, -0.1) is 0 Å². The lowest BCUT2D eigenvalue weighted by atomic mass is 9.86. The maximum Gasteiger partial charge on any atom is 0.339 e. The molecule has 2 bridgehead atoms. The van der Waals surface area contributed by atoms with E-state index in [4.69, 9.17) is 14.6 Å². The molecule has 116 valence electrons. The number of fused-ring (bicyclic) bond motifs is 5. The third kappa shape index (κ3) is 2.30. The van der Waals surface area contributed by atoms with E-state index in [0.717, 1.165) is 19.6 Å². The van der Waals surface area contributed by atoms with E-state index in [1.54, 1.807) is 24.3 Å². The molecule has 1 aromatic carbocycles. The van der Waals surface area contributed by atoms with Crippen molar-refractivity contribution in [1.82, 2.24) is 4.90 Å². The second-order valence-corrected chi connectivity index (χ2v) is 6.19. The van der Waals surface area contributed by atoms with Crippen molar-refractivity contribution in [3.8, 4) is 5.75 Å². The van der Waals surface area contributed by atoms with Crippen molar-refractivity contribution in [1.29, 1.82) is 0 Å². The number of aromatic carboxylic acids is 1. The van der Waals surface area contributed by atoms with Gasteiger partial charge in [-0.3, -0.25) is 4.90 Å². The van der Waals surface area contributed by atoms with Gasteiger partial charge in [0.25, 0.3) is 0 Å². The van der Waals surface area contributed by atoms with Crippen LogP contribution in [0, 0.1) is 11.8 Å². The van der Waals surface area contributed by atoms with E-state index >= 15 is 0 Å². The minimum absolute atomic E-state index is 0.219. The highest BCUT2D eigenvalue weighted by molar-refractivity contribution is 5.90. The molecule has 3 aliphatic rings. The summed E-state index contributed by atoms with van der Waals surface area (Å²) >= 11 is 0. The number of hydrogen-bond acceptors (Lipinski definition) is 4. The van der Waals surface area contributed by atoms with Crippen LogP contribution in [-0.4, -0.2) is 54.4 Å². The number of ether oxygens (including phenoxy) is 2. The molecule has 4 rings (SSSR count). The second kappa shape index (κ2) is 5.41. The number of rotatable bonds is 5. The molecule has 2 fully saturated rings. The number of hydrogen-bond donors (Lipinski definition) is 1. The number of carboxylic acid groups (broad SMARTS) is 1. The molecule has 5 nitrogen and oxygen atoms in total. The lowest BCUT2D eigenvalue weighted by Gasteiger charge is -2.19. The fourth-order valence-corrected chi connectivity index (χ4v) is 3.85. The van der Waals surface area contributed by atoms with Gasteiger partial charge in [0.05, 0.1) is 12.2 Å². The third-order valence-corrected chi connectivity index (χ3v) is 4.92. The van der Waals surface area contributed by atoms with Gasteiger partial charge in [0.15, 0.2) is 0 Å². The van der Waals surface area contributed by atoms with Crippen LogP contribution in [0.25, 0.3) is 0 Å². The van der Waals surface area contributed by atoms with E-state index in [9.17, 15) is 4.79 Å². The number of likely N-dealkylation sites (tertiary alicyclic amines) is 1. The maximum absolute atomic E-state index is 11.1. The summed E-state index contributed by atoms with van der Waals surface area (Å²) < 4.78 is 11.6. The molecule has 4 atom stereocenters. The number of carbonyl (C=O) groups is 1. The molecule has 0 radical (unpaired) electrons. The Bertz CT molecular complexity index is 594. The smallest absolute Gasteiger partial charge is 0.339 e. The Balaban J connectivity index is 1.31. The predicted molar refractivity (Wildman–Crippen MR) is 80.1 cm³/mol. The van der Waals surface area contributed by atoms with Gasteiger partial charge in [-0.05, 0) is 12.1 Å². The van der Waals surface area contributed by atoms with E-state index in [2.05, 4.69) is 17.1 Å². The highest BCUT2D eigenvalue weighted by atomic mass is 16.5. The molecule has 1 N–H and O–H groups in total. The zero-order valence-electron chi connectivity index (χ0n) is 12.2. The summed E-state index contributed by atoms with van der Waals surface area (Å²) in [5, 5.41) is 9.14. The summed E-state index contributed by atoms with van der Waals surface area (Å²) in [6, 6.07) is 6.78. The van der Waals surface area contributed by atoms with Crippen molar-refractivity contribution in [2.24, 2.45) is 11.8 Å². The SMILES string of the molecule is O=C(O)c1ccccc1OCCN1CC2C3C=CC(O3)C2C1. The van der Waals surface area contributed by atoms with Gasteiger partial charge < -0.3 is 14.6 Å². The Morgan fingerprint density at radius 1 is 1.23 bits per heavy atom. The van der Waals surface area contributed by atoms with Crippen molar-refractivity contribution >= 4 is 5.97 Å². The zero-order chi connectivity index (χ0) is 15.1. The van der Waals surface area contributed by atoms with E-state index in [0.29, 0.717) is 36.4 Å². The largest absolute Gasteiger partial charge is 0.491 e. The third-order valence-electron chi connectivity index (χ3n) is 4.92. The summed E-state index contributed by atoms with van der Waals surface area (Å²) in [6.45, 7) is 3.41. The highest BCUT2D eigenvalue weighted by Gasteiger charge is 2.50. The first-order valence-electron chi connectivity index (χ1n) is 7.73. The van der Waals surface area contributed by atoms with Crippen LogP contribution in [0.5, 0.6) is 5.75 Å². The standard InChI is InChI=1S/C17H19NO4/c19-17(20)11-3-1-2-4-14(11)21-8-7-18-9-12-13(10-18)16-6-5-15(12)22-16/h1-6,12-13,15-16H,7-10H2,(H,19,20). The van der Waals surface area contributed by atoms with Crippen LogP contribution < -0.4 is 4.74 Å². The quantitative estimate of drug-likeness (QED) is 0.838. The van der Waals surface area contributed by atoms with Gasteiger partial charge in [-0.1, -0.05) is 24.3 Å². The topological polar surface area (TPSA) is 59.0 Å². The average Bonchev–Trinajstić information content (AvgIpc) is 3.20. The monoisotopic (exact) mass is 301 g/mol. The van der Waals surface area contributed by atoms with Gasteiger partial charge in [-0.25, -0.2) is 4.79 Å². The molecular formula is C17H19NO4. The van der Waals surface area contributed by atoms with E-state index in [1.165, 1.54) is 0 Å². The number of nitrogens with zero attached hydrogens (tertiary/aromatic N) is 1. The highest BCUT2D eigenvalue weighted by Crippen LogP contribution is 2.43. The Morgan fingerprint density at radius 3 is 2.59 bits per heavy atom. The summed E-state index contributed by atoms with van der Waals surface area (Å²) in [5.74, 6) is 0.716. The maximum atomic E-state index is 11.1. The first-order chi connectivity index (χ1) is 10.7. The molecule has 0 aliphatic carbocycles. The van der Waals surface area contributed by atoms with E-state index in [-0.39, 0.29) is 5.56 Å². The summed E-state index contributed by atoms with van der Waals surface area (Å²) in [4.78, 5) is 13.5. The zero-order valence-corrected chi connectivity index (χ0v) is 12.2. The molecule has 0 amide bonds. The molecule has 3 heterocycles. The molecule has 4 unspecified atom stereocenters. The van der Waals surface area contributed by atoms with Gasteiger partial charge in [-0.2, -0.15) is 0 Å². The molecule has 22 heavy (non-hydrogen) atoms. The van der Waals surface area contributed by atoms with Crippen LogP contribution in [0.2, 0.25) is 0 Å². The normalized spacial score (nSPS) is 32.4. The van der Waals surface area contributed by atoms with Gasteiger partial charge in [0, 0.05) is 31.5 Å². The van der Waals surface area contributed by atoms with E-state index in [1.807, 2.05) is 0 Å². The molecule has 1 aromatic rings. The van der Waals surface area contributed by atoms with Gasteiger partial charge in [0.2, 0.25) is 0 Å². The average molecular weight is 301 g/mol. The summed E-state index contributed by atoms with van der Waals surface area (Å²) in [5.41, 5.74) is 0.219. The van der Waals surface area contributed by atoms with Gasteiger partial charge in [0.1, 0.15) is 17.9 Å². The van der Waals surface area contributed by atoms with Crippen molar-refractivity contribution in [2.45, 2.75) is 12.2 Å². The van der Waals surface area contributed by atoms with Crippen molar-refractivity contribution < 1.29 is 19.4 Å². The first-order valence-corrected chi connectivity index (χ1v) is 7.73. The Kier molecular flexibility index (Phi) is 3.39. The van der Waals surface area contributed by atoms with Crippen molar-refractivity contribution in [2.75, 3.05) is 26.2 Å². The molecule has 3 aliphatic heterocycles. The molecule has 0 aromatic heterocycles. The van der Waals surface area contributed by atoms with Crippen molar-refractivity contribution in [3.05, 3.63) is 42.0 Å². The fraction of sp³-hybridized carbons (Fsp3) is 0.471. The molecule has 0 spiro atoms. The first kappa shape index (κ1) is 13.8. The van der Waals surface area contributed by atoms with Crippen LogP contribution in [0.4, 0.5) is 0 Å². The van der Waals surface area contributed by atoms with Crippen LogP contribution in [0.15, 0.2) is 36.4 Å². The molecular weight excluding hydrogens is 282 g/mol. The second-order valence-electron chi connectivity index (χ2n) is 6.19. The van der Waals surface area contributed by atoms with Crippen LogP contribution in [-0.2, 0) is 4.74 Å². The number of carboxylic acids is 1. The summed E-state index contributed by atoms with van der Waals surface area (Å²) in [7, 11) is 0. The summed E-state index contributed by atoms with van der Waals surface area (Å²) in [6.07, 6.45) is 4.98. The Labute approximate surface area is 129 Å². The van der Waals surface area contributed by atoms with Crippen LogP contribution in [0.3, 0.4) is 0 Å². The molecule has 0 saturated carbocycles. The van der Waals surface area contributed by atoms with E-state index < -0.39 is 5.97 Å². The van der Waals surface area contributed by atoms with Gasteiger partial charge >= 0.3 is 5.97 Å². The minimum atomic E-state index is -0.953. The lowest BCUT2D eigenvalue weighted by molar-refractivity contribution is 0.0689. The fourth-order valence-electron chi connectivity index (χ4n) is 3.85. The lowest BCUT2D eigenvalue weighted by Crippen LogP contribution is -2.29. The van der Waals surface area contributed by atoms with Crippen molar-refractivity contribution in [3.63, 3.8) is 0 Å². The predicted octanol–water partition coefficient (Wildman–Crippen LogP) is 1.65. The number of benzene rings is 1. The minimum Gasteiger partial charge on any atom is -0.491 e. The van der Waals surface area contributed by atoms with Crippen LogP contribution in [0.1, 0.15) is 10.4 Å². The molecule has 5 heteroatoms. The Morgan fingerprint density at radius 2 is 1.91 bits per heavy atom. The van der Waals surface area contributed by atoms with Crippen LogP contribution >= 0.6 is 0 Å².